The van der Waals surface area contributed by atoms with Crippen molar-refractivity contribution in [2.45, 2.75) is 30.5 Å². The van der Waals surface area contributed by atoms with Gasteiger partial charge in [0.15, 0.2) is 9.84 Å². The lowest BCUT2D eigenvalue weighted by atomic mass is 10.2. The molecule has 1 unspecified atom stereocenters. The van der Waals surface area contributed by atoms with Crippen LogP contribution in [0.4, 0.5) is 4.39 Å². The van der Waals surface area contributed by atoms with Crippen LogP contribution in [-0.2, 0) is 22.3 Å². The molecule has 0 aliphatic carbocycles. The van der Waals surface area contributed by atoms with Gasteiger partial charge in [-0.2, -0.15) is 0 Å². The van der Waals surface area contributed by atoms with Crippen molar-refractivity contribution in [3.05, 3.63) is 28.2 Å². The van der Waals surface area contributed by atoms with E-state index in [1.54, 1.807) is 10.6 Å². The number of alkyl halides is 1. The highest BCUT2D eigenvalue weighted by atomic mass is 79.9. The van der Waals surface area contributed by atoms with Gasteiger partial charge in [-0.1, -0.05) is 0 Å². The van der Waals surface area contributed by atoms with Crippen LogP contribution in [0.2, 0.25) is 0 Å². The summed E-state index contributed by atoms with van der Waals surface area (Å²) in [5, 5.41) is -0.441. The third-order valence-corrected chi connectivity index (χ3v) is 6.94. The van der Waals surface area contributed by atoms with Crippen LogP contribution in [-0.4, -0.2) is 29.0 Å². The maximum absolute atomic E-state index is 13.8. The van der Waals surface area contributed by atoms with Crippen LogP contribution < -0.4 is 0 Å². The van der Waals surface area contributed by atoms with Gasteiger partial charge in [-0.15, -0.1) is 11.6 Å². The SMILES string of the molecule is O=S1(=O)CCCC1Cn1c(CCl)nc2cc(Br)c(F)cc21. The summed E-state index contributed by atoms with van der Waals surface area (Å²) in [6.07, 6.45) is 1.30. The molecule has 3 rings (SSSR count). The summed E-state index contributed by atoms with van der Waals surface area (Å²) in [6, 6.07) is 2.95. The number of hydrogen-bond donors (Lipinski definition) is 0. The van der Waals surface area contributed by atoms with Gasteiger partial charge in [0.2, 0.25) is 0 Å². The molecule has 8 heteroatoms. The molecule has 0 spiro atoms. The molecule has 2 heterocycles. The number of fused-ring (bicyclic) bond motifs is 1. The van der Waals surface area contributed by atoms with E-state index in [0.717, 1.165) is 0 Å². The van der Waals surface area contributed by atoms with Crippen LogP contribution in [0.25, 0.3) is 11.0 Å². The summed E-state index contributed by atoms with van der Waals surface area (Å²) < 4.78 is 39.8. The Bertz CT molecular complexity index is 806. The molecule has 0 bridgehead atoms. The van der Waals surface area contributed by atoms with E-state index < -0.39 is 20.9 Å². The second kappa shape index (κ2) is 5.52. The van der Waals surface area contributed by atoms with Gasteiger partial charge in [0.05, 0.1) is 32.4 Å². The fourth-order valence-electron chi connectivity index (χ4n) is 2.74. The summed E-state index contributed by atoms with van der Waals surface area (Å²) in [4.78, 5) is 4.36. The van der Waals surface area contributed by atoms with E-state index in [4.69, 9.17) is 11.6 Å². The standard InChI is InChI=1S/C13H13BrClFN2O2S/c14-9-4-11-12(5-10(9)16)18(13(6-15)17-11)7-8-2-1-3-21(8,19)20/h4-5,8H,1-3,6-7H2. The van der Waals surface area contributed by atoms with Gasteiger partial charge in [0.25, 0.3) is 0 Å². The van der Waals surface area contributed by atoms with Gasteiger partial charge in [-0.05, 0) is 34.8 Å². The van der Waals surface area contributed by atoms with Crippen molar-refractivity contribution in [2.24, 2.45) is 0 Å². The highest BCUT2D eigenvalue weighted by molar-refractivity contribution is 9.10. The minimum Gasteiger partial charge on any atom is -0.326 e. The quantitative estimate of drug-likeness (QED) is 0.750. The van der Waals surface area contributed by atoms with E-state index >= 15 is 0 Å². The third-order valence-electron chi connectivity index (χ3n) is 3.84. The lowest BCUT2D eigenvalue weighted by molar-refractivity contribution is 0.565. The molecule has 1 aliphatic heterocycles. The smallest absolute Gasteiger partial charge is 0.154 e. The highest BCUT2D eigenvalue weighted by Gasteiger charge is 2.32. The zero-order valence-corrected chi connectivity index (χ0v) is 14.2. The van der Waals surface area contributed by atoms with Crippen molar-refractivity contribution in [1.29, 1.82) is 0 Å². The predicted octanol–water partition coefficient (Wildman–Crippen LogP) is 3.25. The van der Waals surface area contributed by atoms with Crippen LogP contribution in [0.3, 0.4) is 0 Å². The van der Waals surface area contributed by atoms with Gasteiger partial charge in [-0.3, -0.25) is 0 Å². The Labute approximate surface area is 135 Å². The lowest BCUT2D eigenvalue weighted by Crippen LogP contribution is -2.23. The summed E-state index contributed by atoms with van der Waals surface area (Å²) in [7, 11) is -3.07. The van der Waals surface area contributed by atoms with Crippen LogP contribution >= 0.6 is 27.5 Å². The van der Waals surface area contributed by atoms with Gasteiger partial charge >= 0.3 is 0 Å². The zero-order valence-electron chi connectivity index (χ0n) is 11.0. The Morgan fingerprint density at radius 2 is 2.24 bits per heavy atom. The summed E-state index contributed by atoms with van der Waals surface area (Å²) in [5.74, 6) is 0.534. The average molecular weight is 396 g/mol. The summed E-state index contributed by atoms with van der Waals surface area (Å²) in [5.41, 5.74) is 1.18. The molecule has 21 heavy (non-hydrogen) atoms. The topological polar surface area (TPSA) is 52.0 Å². The molecule has 1 aromatic heterocycles. The normalized spacial score (nSPS) is 21.2. The molecular formula is C13H13BrClFN2O2S. The first-order chi connectivity index (χ1) is 9.92. The molecule has 0 N–H and O–H groups in total. The van der Waals surface area contributed by atoms with E-state index in [-0.39, 0.29) is 18.2 Å². The van der Waals surface area contributed by atoms with Crippen molar-refractivity contribution in [1.82, 2.24) is 9.55 Å². The molecule has 0 amide bonds. The van der Waals surface area contributed by atoms with Crippen molar-refractivity contribution in [3.8, 4) is 0 Å². The monoisotopic (exact) mass is 394 g/mol. The van der Waals surface area contributed by atoms with Crippen LogP contribution in [0.15, 0.2) is 16.6 Å². The molecular weight excluding hydrogens is 383 g/mol. The van der Waals surface area contributed by atoms with Crippen molar-refractivity contribution < 1.29 is 12.8 Å². The summed E-state index contributed by atoms with van der Waals surface area (Å²) >= 11 is 9.03. The minimum atomic E-state index is -3.07. The fourth-order valence-corrected chi connectivity index (χ4v) is 5.08. The Morgan fingerprint density at radius 1 is 1.48 bits per heavy atom. The molecule has 4 nitrogen and oxygen atoms in total. The number of halogens is 3. The zero-order chi connectivity index (χ0) is 15.2. The Kier molecular flexibility index (Phi) is 4.00. The molecule has 114 valence electrons. The predicted molar refractivity (Wildman–Crippen MR) is 83.8 cm³/mol. The number of hydrogen-bond acceptors (Lipinski definition) is 3. The van der Waals surface area contributed by atoms with E-state index in [2.05, 4.69) is 20.9 Å². The first-order valence-corrected chi connectivity index (χ1v) is 9.58. The fraction of sp³-hybridized carbons (Fsp3) is 0.462. The first kappa shape index (κ1) is 15.2. The van der Waals surface area contributed by atoms with Crippen molar-refractivity contribution >= 4 is 48.4 Å². The van der Waals surface area contributed by atoms with Crippen molar-refractivity contribution in [3.63, 3.8) is 0 Å². The highest BCUT2D eigenvalue weighted by Crippen LogP contribution is 2.28. The second-order valence-electron chi connectivity index (χ2n) is 5.16. The number of sulfone groups is 1. The molecule has 1 saturated heterocycles. The van der Waals surface area contributed by atoms with Crippen LogP contribution in [0.5, 0.6) is 0 Å². The van der Waals surface area contributed by atoms with E-state index in [0.29, 0.717) is 34.2 Å². The molecule has 1 atom stereocenters. The number of rotatable bonds is 3. The Morgan fingerprint density at radius 3 is 2.86 bits per heavy atom. The summed E-state index contributed by atoms with van der Waals surface area (Å²) in [6.45, 7) is 0.280. The maximum Gasteiger partial charge on any atom is 0.154 e. The van der Waals surface area contributed by atoms with Gasteiger partial charge in [-0.25, -0.2) is 17.8 Å². The molecule has 1 fully saturated rings. The molecule has 1 aliphatic rings. The number of nitrogens with zero attached hydrogens (tertiary/aromatic N) is 2. The third kappa shape index (κ3) is 2.71. The molecule has 0 saturated carbocycles. The van der Waals surface area contributed by atoms with Gasteiger partial charge < -0.3 is 4.57 Å². The van der Waals surface area contributed by atoms with Gasteiger partial charge in [0, 0.05) is 12.6 Å². The number of imidazole rings is 1. The molecule has 0 radical (unpaired) electrons. The van der Waals surface area contributed by atoms with E-state index in [9.17, 15) is 12.8 Å². The van der Waals surface area contributed by atoms with E-state index in [1.165, 1.54) is 6.07 Å². The Hall–Kier alpha value is -0.660. The minimum absolute atomic E-state index is 0.153. The van der Waals surface area contributed by atoms with Crippen LogP contribution in [0.1, 0.15) is 18.7 Å². The largest absolute Gasteiger partial charge is 0.326 e. The average Bonchev–Trinajstić information content (AvgIpc) is 2.92. The maximum atomic E-state index is 13.8. The number of benzene rings is 1. The van der Waals surface area contributed by atoms with Crippen molar-refractivity contribution in [2.75, 3.05) is 5.75 Å². The number of aromatic nitrogens is 2. The lowest BCUT2D eigenvalue weighted by Gasteiger charge is -2.13. The Balaban J connectivity index is 2.10. The first-order valence-electron chi connectivity index (χ1n) is 6.54. The van der Waals surface area contributed by atoms with Gasteiger partial charge in [0.1, 0.15) is 11.6 Å². The van der Waals surface area contributed by atoms with E-state index in [1.807, 2.05) is 0 Å². The second-order valence-corrected chi connectivity index (χ2v) is 8.68. The molecule has 2 aromatic rings. The molecule has 1 aromatic carbocycles. The van der Waals surface area contributed by atoms with Crippen LogP contribution in [0, 0.1) is 5.82 Å².